The number of nitrogens with one attached hydrogen (secondary N) is 1. The van der Waals surface area contributed by atoms with Crippen LogP contribution in [-0.2, 0) is 23.6 Å². The fourth-order valence-corrected chi connectivity index (χ4v) is 3.85. The Morgan fingerprint density at radius 2 is 2.07 bits per heavy atom. The molecular formula is C21H22N4O2S2. The van der Waals surface area contributed by atoms with Gasteiger partial charge in [-0.05, 0) is 36.5 Å². The lowest BCUT2D eigenvalue weighted by Crippen LogP contribution is -2.20. The Morgan fingerprint density at radius 1 is 1.28 bits per heavy atom. The molecule has 0 fully saturated rings. The highest BCUT2D eigenvalue weighted by Crippen LogP contribution is 2.22. The van der Waals surface area contributed by atoms with Gasteiger partial charge in [0.05, 0.1) is 12.9 Å². The van der Waals surface area contributed by atoms with Crippen LogP contribution in [0.3, 0.4) is 0 Å². The van der Waals surface area contributed by atoms with E-state index in [2.05, 4.69) is 29.1 Å². The summed E-state index contributed by atoms with van der Waals surface area (Å²) in [6, 6.07) is 17.3. The van der Waals surface area contributed by atoms with Crippen molar-refractivity contribution in [2.24, 2.45) is 0 Å². The number of allylic oxidation sites excluding steroid dienone is 1. The number of carbonyl (C=O) groups excluding carboxylic acids is 1. The highest BCUT2D eigenvalue weighted by atomic mass is 32.2. The second kappa shape index (κ2) is 10.1. The minimum atomic E-state index is -0.208. The van der Waals surface area contributed by atoms with Gasteiger partial charge in [-0.15, -0.1) is 18.3 Å². The first-order valence-corrected chi connectivity index (χ1v) is 10.4. The zero-order valence-corrected chi connectivity index (χ0v) is 17.7. The van der Waals surface area contributed by atoms with Crippen LogP contribution in [0.2, 0.25) is 0 Å². The van der Waals surface area contributed by atoms with Crippen LogP contribution < -0.4 is 10.1 Å². The van der Waals surface area contributed by atoms with Gasteiger partial charge >= 0.3 is 0 Å². The third-order valence-corrected chi connectivity index (χ3v) is 5.51. The third-order valence-electron chi connectivity index (χ3n) is 4.07. The number of hydrogen-bond acceptors (Lipinski definition) is 5. The molecule has 0 aliphatic heterocycles. The lowest BCUT2D eigenvalue weighted by atomic mass is 10.3. The Balaban J connectivity index is 1.73. The SMILES string of the molecule is C=CCn1c(CSc2ccccc2)nn(CC(=O)Nc2cccc(OC)c2)c1=S. The third kappa shape index (κ3) is 5.58. The minimum absolute atomic E-state index is 0.0309. The normalized spacial score (nSPS) is 10.5. The first kappa shape index (κ1) is 20.9. The fourth-order valence-electron chi connectivity index (χ4n) is 2.71. The lowest BCUT2D eigenvalue weighted by Gasteiger charge is -2.07. The molecule has 1 aromatic heterocycles. The van der Waals surface area contributed by atoms with E-state index in [-0.39, 0.29) is 12.5 Å². The summed E-state index contributed by atoms with van der Waals surface area (Å²) in [6.07, 6.45) is 1.77. The molecule has 150 valence electrons. The quantitative estimate of drug-likeness (QED) is 0.309. The monoisotopic (exact) mass is 426 g/mol. The molecule has 29 heavy (non-hydrogen) atoms. The van der Waals surface area contributed by atoms with Gasteiger partial charge in [0.2, 0.25) is 5.91 Å². The molecule has 0 saturated heterocycles. The molecular weight excluding hydrogens is 404 g/mol. The smallest absolute Gasteiger partial charge is 0.246 e. The van der Waals surface area contributed by atoms with Gasteiger partial charge in [-0.2, -0.15) is 5.10 Å². The molecule has 8 heteroatoms. The molecule has 0 spiro atoms. The molecule has 1 N–H and O–H groups in total. The van der Waals surface area contributed by atoms with Crippen molar-refractivity contribution >= 4 is 35.6 Å². The molecule has 0 atom stereocenters. The number of methoxy groups -OCH3 is 1. The molecule has 0 saturated carbocycles. The van der Waals surface area contributed by atoms with Gasteiger partial charge in [-0.3, -0.25) is 9.36 Å². The van der Waals surface area contributed by atoms with Gasteiger partial charge in [0.15, 0.2) is 4.77 Å². The Kier molecular flexibility index (Phi) is 7.26. The molecule has 3 rings (SSSR count). The van der Waals surface area contributed by atoms with E-state index >= 15 is 0 Å². The van der Waals surface area contributed by atoms with Gasteiger partial charge in [0.25, 0.3) is 0 Å². The van der Waals surface area contributed by atoms with Gasteiger partial charge < -0.3 is 10.1 Å². The number of thioether (sulfide) groups is 1. The van der Waals surface area contributed by atoms with Gasteiger partial charge in [-0.1, -0.05) is 30.3 Å². The van der Waals surface area contributed by atoms with Crippen LogP contribution in [0.25, 0.3) is 0 Å². The van der Waals surface area contributed by atoms with Crippen LogP contribution in [0.15, 0.2) is 72.1 Å². The fraction of sp³-hybridized carbons (Fsp3) is 0.190. The van der Waals surface area contributed by atoms with Crippen molar-refractivity contribution in [2.75, 3.05) is 12.4 Å². The number of aromatic nitrogens is 3. The van der Waals surface area contributed by atoms with E-state index in [1.54, 1.807) is 41.8 Å². The Bertz CT molecular complexity index is 1040. The summed E-state index contributed by atoms with van der Waals surface area (Å²) in [4.78, 5) is 13.6. The number of benzene rings is 2. The van der Waals surface area contributed by atoms with Crippen molar-refractivity contribution < 1.29 is 9.53 Å². The van der Waals surface area contributed by atoms with Gasteiger partial charge in [-0.25, -0.2) is 4.68 Å². The number of hydrogen-bond donors (Lipinski definition) is 1. The van der Waals surface area contributed by atoms with E-state index in [9.17, 15) is 4.79 Å². The maximum Gasteiger partial charge on any atom is 0.246 e. The summed E-state index contributed by atoms with van der Waals surface area (Å²) in [5.74, 6) is 1.92. The van der Waals surface area contributed by atoms with Crippen molar-refractivity contribution in [1.29, 1.82) is 0 Å². The largest absolute Gasteiger partial charge is 0.497 e. The molecule has 6 nitrogen and oxygen atoms in total. The molecule has 1 heterocycles. The molecule has 3 aromatic rings. The molecule has 0 aliphatic carbocycles. The topological polar surface area (TPSA) is 61.1 Å². The summed E-state index contributed by atoms with van der Waals surface area (Å²) >= 11 is 7.21. The average Bonchev–Trinajstić information content (AvgIpc) is 3.02. The second-order valence-electron chi connectivity index (χ2n) is 6.14. The first-order chi connectivity index (χ1) is 14.1. The maximum atomic E-state index is 12.5. The van der Waals surface area contributed by atoms with Crippen molar-refractivity contribution in [1.82, 2.24) is 14.3 Å². The van der Waals surface area contributed by atoms with E-state index in [1.807, 2.05) is 34.9 Å². The van der Waals surface area contributed by atoms with Crippen LogP contribution >= 0.6 is 24.0 Å². The van der Waals surface area contributed by atoms with Crippen LogP contribution in [0.4, 0.5) is 5.69 Å². The number of ether oxygens (including phenoxy) is 1. The van der Waals surface area contributed by atoms with Gasteiger partial charge in [0, 0.05) is 23.2 Å². The van der Waals surface area contributed by atoms with Gasteiger partial charge in [0.1, 0.15) is 18.1 Å². The molecule has 1 amide bonds. The standard InChI is InChI=1S/C21H22N4O2S2/c1-3-12-24-19(15-29-18-10-5-4-6-11-18)23-25(21(24)28)14-20(26)22-16-8-7-9-17(13-16)27-2/h3-11,13H,1,12,14-15H2,2H3,(H,22,26). The van der Waals surface area contributed by atoms with Crippen LogP contribution in [0.5, 0.6) is 5.75 Å². The highest BCUT2D eigenvalue weighted by molar-refractivity contribution is 7.98. The van der Waals surface area contributed by atoms with E-state index in [0.29, 0.717) is 28.5 Å². The van der Waals surface area contributed by atoms with Crippen LogP contribution in [0, 0.1) is 4.77 Å². The van der Waals surface area contributed by atoms with E-state index in [4.69, 9.17) is 17.0 Å². The zero-order chi connectivity index (χ0) is 20.6. The van der Waals surface area contributed by atoms with E-state index in [1.165, 1.54) is 0 Å². The molecule has 0 radical (unpaired) electrons. The molecule has 2 aromatic carbocycles. The number of anilines is 1. The number of rotatable bonds is 9. The molecule has 0 bridgehead atoms. The molecule has 0 unspecified atom stereocenters. The summed E-state index contributed by atoms with van der Waals surface area (Å²) in [7, 11) is 1.58. The lowest BCUT2D eigenvalue weighted by molar-refractivity contribution is -0.116. The maximum absolute atomic E-state index is 12.5. The summed E-state index contributed by atoms with van der Waals surface area (Å²) in [6.45, 7) is 4.37. The summed E-state index contributed by atoms with van der Waals surface area (Å²) in [5, 5.41) is 7.43. The predicted octanol–water partition coefficient (Wildman–Crippen LogP) is 4.54. The summed E-state index contributed by atoms with van der Waals surface area (Å²) in [5.41, 5.74) is 0.659. The second-order valence-corrected chi connectivity index (χ2v) is 7.55. The van der Waals surface area contributed by atoms with Crippen molar-refractivity contribution in [3.05, 3.63) is 77.8 Å². The number of nitrogens with zero attached hydrogens (tertiary/aromatic N) is 3. The first-order valence-electron chi connectivity index (χ1n) is 9.00. The average molecular weight is 427 g/mol. The highest BCUT2D eigenvalue weighted by Gasteiger charge is 2.13. The minimum Gasteiger partial charge on any atom is -0.497 e. The number of amides is 1. The molecule has 0 aliphatic rings. The van der Waals surface area contributed by atoms with Crippen molar-refractivity contribution in [3.8, 4) is 5.75 Å². The Labute approximate surface area is 179 Å². The van der Waals surface area contributed by atoms with Crippen LogP contribution in [-0.4, -0.2) is 27.4 Å². The zero-order valence-electron chi connectivity index (χ0n) is 16.1. The Hall–Kier alpha value is -2.84. The van der Waals surface area contributed by atoms with E-state index < -0.39 is 0 Å². The summed E-state index contributed by atoms with van der Waals surface area (Å²) < 4.78 is 9.13. The van der Waals surface area contributed by atoms with Crippen molar-refractivity contribution in [2.45, 2.75) is 23.7 Å². The van der Waals surface area contributed by atoms with Crippen LogP contribution in [0.1, 0.15) is 5.82 Å². The van der Waals surface area contributed by atoms with Crippen molar-refractivity contribution in [3.63, 3.8) is 0 Å². The Morgan fingerprint density at radius 3 is 2.79 bits per heavy atom. The number of carbonyl (C=O) groups is 1. The predicted molar refractivity (Wildman–Crippen MR) is 119 cm³/mol. The van der Waals surface area contributed by atoms with E-state index in [0.717, 1.165) is 10.7 Å².